The largest absolute Gasteiger partial charge is 0.252 e. The molecule has 5 heteroatoms. The smallest absolute Gasteiger partial charge is 0.218 e. The van der Waals surface area contributed by atoms with Crippen molar-refractivity contribution in [1.82, 2.24) is 19.6 Å². The van der Waals surface area contributed by atoms with Crippen LogP contribution < -0.4 is 0 Å². The van der Waals surface area contributed by atoms with Gasteiger partial charge < -0.3 is 0 Å². The molecule has 2 aromatic heterocycles. The molecule has 14 heavy (non-hydrogen) atoms. The van der Waals surface area contributed by atoms with Crippen LogP contribution in [-0.2, 0) is 0 Å². The molecule has 1 aliphatic carbocycles. The molecule has 0 unspecified atom stereocenters. The molecule has 0 aromatic carbocycles. The quantitative estimate of drug-likeness (QED) is 0.774. The van der Waals surface area contributed by atoms with Crippen molar-refractivity contribution in [2.75, 3.05) is 0 Å². The number of imidazole rings is 1. The van der Waals surface area contributed by atoms with Gasteiger partial charge in [-0.1, -0.05) is 18.2 Å². The lowest BCUT2D eigenvalue weighted by Gasteiger charge is -2.02. The van der Waals surface area contributed by atoms with Crippen molar-refractivity contribution in [1.29, 1.82) is 0 Å². The van der Waals surface area contributed by atoms with Crippen LogP contribution in [0.2, 0.25) is 0 Å². The summed E-state index contributed by atoms with van der Waals surface area (Å²) in [5.74, 6) is 0.607. The Morgan fingerprint density at radius 1 is 1.29 bits per heavy atom. The van der Waals surface area contributed by atoms with Gasteiger partial charge in [-0.15, -0.1) is 0 Å². The molecule has 0 spiro atoms. The lowest BCUT2D eigenvalue weighted by molar-refractivity contribution is 0.884. The Morgan fingerprint density at radius 3 is 2.79 bits per heavy atom. The van der Waals surface area contributed by atoms with Gasteiger partial charge in [0.15, 0.2) is 0 Å². The summed E-state index contributed by atoms with van der Waals surface area (Å²) in [6, 6.07) is 0. The first-order valence-corrected chi connectivity index (χ1v) is 4.89. The highest BCUT2D eigenvalue weighted by molar-refractivity contribution is 9.10. The maximum Gasteiger partial charge on any atom is 0.252 e. The predicted molar refractivity (Wildman–Crippen MR) is 55.6 cm³/mol. The molecule has 4 nitrogen and oxygen atoms in total. The van der Waals surface area contributed by atoms with Crippen LogP contribution in [0.4, 0.5) is 0 Å². The van der Waals surface area contributed by atoms with Gasteiger partial charge in [0, 0.05) is 5.57 Å². The number of rotatable bonds is 1. The molecule has 0 atom stereocenters. The topological polar surface area (TPSA) is 43.1 Å². The molecule has 2 heterocycles. The zero-order valence-corrected chi connectivity index (χ0v) is 8.64. The third kappa shape index (κ3) is 0.957. The molecule has 0 radical (unpaired) electrons. The van der Waals surface area contributed by atoms with Crippen molar-refractivity contribution in [3.8, 4) is 0 Å². The van der Waals surface area contributed by atoms with Crippen LogP contribution in [0.5, 0.6) is 0 Å². The van der Waals surface area contributed by atoms with Crippen molar-refractivity contribution in [3.63, 3.8) is 0 Å². The van der Waals surface area contributed by atoms with E-state index in [1.807, 2.05) is 18.2 Å². The van der Waals surface area contributed by atoms with E-state index in [0.29, 0.717) is 5.78 Å². The van der Waals surface area contributed by atoms with E-state index in [1.165, 1.54) is 0 Å². The van der Waals surface area contributed by atoms with Crippen LogP contribution in [0, 0.1) is 0 Å². The van der Waals surface area contributed by atoms with Gasteiger partial charge in [-0.2, -0.15) is 9.61 Å². The number of halogens is 1. The summed E-state index contributed by atoms with van der Waals surface area (Å²) in [5.41, 5.74) is 1.99. The Bertz CT molecular complexity index is 567. The molecule has 0 fully saturated rings. The molecular weight excluding hydrogens is 244 g/mol. The van der Waals surface area contributed by atoms with Crippen molar-refractivity contribution in [2.24, 2.45) is 0 Å². The number of fused-ring (bicyclic) bond motifs is 1. The first-order valence-electron chi connectivity index (χ1n) is 4.10. The maximum atomic E-state index is 4.36. The second-order valence-electron chi connectivity index (χ2n) is 2.89. The van der Waals surface area contributed by atoms with Crippen LogP contribution in [0.15, 0.2) is 35.2 Å². The number of allylic oxidation sites excluding steroid dienone is 4. The van der Waals surface area contributed by atoms with E-state index >= 15 is 0 Å². The Balaban J connectivity index is 2.30. The number of hydrogen-bond donors (Lipinski definition) is 0. The third-order valence-electron chi connectivity index (χ3n) is 2.05. The Hall–Kier alpha value is -1.49. The van der Waals surface area contributed by atoms with Gasteiger partial charge in [0.05, 0.1) is 12.4 Å². The van der Waals surface area contributed by atoms with Crippen LogP contribution >= 0.6 is 15.9 Å². The summed E-state index contributed by atoms with van der Waals surface area (Å²) >= 11 is 3.45. The molecule has 2 aromatic rings. The molecule has 0 bridgehead atoms. The molecular formula is C9H5BrN4. The molecule has 0 N–H and O–H groups in total. The van der Waals surface area contributed by atoms with Gasteiger partial charge in [-0.3, -0.25) is 0 Å². The monoisotopic (exact) mass is 248 g/mol. The summed E-state index contributed by atoms with van der Waals surface area (Å²) < 4.78 is 2.51. The molecule has 3 rings (SSSR count). The zero-order chi connectivity index (χ0) is 9.54. The molecule has 0 saturated carbocycles. The minimum atomic E-state index is 0.607. The number of aromatic nitrogens is 4. The molecule has 68 valence electrons. The van der Waals surface area contributed by atoms with E-state index in [1.54, 1.807) is 16.9 Å². The fraction of sp³-hybridized carbons (Fsp3) is 0. The highest BCUT2D eigenvalue weighted by Crippen LogP contribution is 2.28. The van der Waals surface area contributed by atoms with Gasteiger partial charge in [-0.25, -0.2) is 9.97 Å². The lowest BCUT2D eigenvalue weighted by Crippen LogP contribution is -1.92. The van der Waals surface area contributed by atoms with Gasteiger partial charge in [-0.05, 0) is 15.9 Å². The van der Waals surface area contributed by atoms with Crippen molar-refractivity contribution >= 4 is 27.3 Å². The van der Waals surface area contributed by atoms with E-state index < -0.39 is 0 Å². The zero-order valence-electron chi connectivity index (χ0n) is 7.05. The molecule has 0 aliphatic heterocycles. The molecule has 0 saturated heterocycles. The first-order chi connectivity index (χ1) is 6.86. The minimum absolute atomic E-state index is 0.607. The average molecular weight is 249 g/mol. The highest BCUT2D eigenvalue weighted by Gasteiger charge is 2.15. The lowest BCUT2D eigenvalue weighted by atomic mass is 10.1. The molecule has 0 amide bonds. The van der Waals surface area contributed by atoms with Crippen LogP contribution in [0.25, 0.3) is 11.4 Å². The Morgan fingerprint density at radius 2 is 2.14 bits per heavy atom. The fourth-order valence-corrected chi connectivity index (χ4v) is 1.87. The SMILES string of the molecule is Brc1c(C2=CC=C2)nc2nccnn12. The fourth-order valence-electron chi connectivity index (χ4n) is 1.30. The maximum absolute atomic E-state index is 4.36. The van der Waals surface area contributed by atoms with Gasteiger partial charge in [0.2, 0.25) is 0 Å². The first kappa shape index (κ1) is 7.87. The second kappa shape index (κ2) is 2.75. The third-order valence-corrected chi connectivity index (χ3v) is 2.76. The summed E-state index contributed by atoms with van der Waals surface area (Å²) in [5, 5.41) is 4.14. The summed E-state index contributed by atoms with van der Waals surface area (Å²) in [7, 11) is 0. The second-order valence-corrected chi connectivity index (χ2v) is 3.64. The van der Waals surface area contributed by atoms with Gasteiger partial charge in [0.1, 0.15) is 10.3 Å². The number of hydrogen-bond acceptors (Lipinski definition) is 3. The normalized spacial score (nSPS) is 14.2. The minimum Gasteiger partial charge on any atom is -0.218 e. The van der Waals surface area contributed by atoms with Crippen molar-refractivity contribution in [2.45, 2.75) is 0 Å². The van der Waals surface area contributed by atoms with Crippen molar-refractivity contribution in [3.05, 3.63) is 40.9 Å². The van der Waals surface area contributed by atoms with E-state index in [4.69, 9.17) is 0 Å². The predicted octanol–water partition coefficient (Wildman–Crippen LogP) is 1.84. The van der Waals surface area contributed by atoms with Gasteiger partial charge in [0.25, 0.3) is 5.78 Å². The Labute approximate surface area is 88.1 Å². The highest BCUT2D eigenvalue weighted by atomic mass is 79.9. The average Bonchev–Trinajstić information content (AvgIpc) is 2.43. The summed E-state index contributed by atoms with van der Waals surface area (Å²) in [4.78, 5) is 8.47. The van der Waals surface area contributed by atoms with Crippen molar-refractivity contribution < 1.29 is 0 Å². The Kier molecular flexibility index (Phi) is 1.55. The van der Waals surface area contributed by atoms with E-state index in [2.05, 4.69) is 31.0 Å². The summed E-state index contributed by atoms with van der Waals surface area (Å²) in [6.07, 6.45) is 9.25. The van der Waals surface area contributed by atoms with E-state index in [-0.39, 0.29) is 0 Å². The van der Waals surface area contributed by atoms with E-state index in [0.717, 1.165) is 15.9 Å². The van der Waals surface area contributed by atoms with Crippen LogP contribution in [-0.4, -0.2) is 19.6 Å². The standard InChI is InChI=1S/C9H5BrN4/c10-8-7(6-2-1-3-6)13-9-11-4-5-12-14(8)9/h1-5H. The molecule has 1 aliphatic rings. The van der Waals surface area contributed by atoms with Crippen LogP contribution in [0.1, 0.15) is 5.69 Å². The van der Waals surface area contributed by atoms with Crippen LogP contribution in [0.3, 0.4) is 0 Å². The summed E-state index contributed by atoms with van der Waals surface area (Å²) in [6.45, 7) is 0. The van der Waals surface area contributed by atoms with E-state index in [9.17, 15) is 0 Å². The number of nitrogens with zero attached hydrogens (tertiary/aromatic N) is 4. The van der Waals surface area contributed by atoms with Gasteiger partial charge >= 0.3 is 0 Å².